The summed E-state index contributed by atoms with van der Waals surface area (Å²) in [4.78, 5) is 8.00. The Morgan fingerprint density at radius 3 is 2.56 bits per heavy atom. The Bertz CT molecular complexity index is 363. The summed E-state index contributed by atoms with van der Waals surface area (Å²) in [6, 6.07) is 6.40. The molecule has 1 aliphatic rings. The monoisotopic (exact) mass is 220 g/mol. The largest absolute Gasteiger partial charge is 0.386 e. The van der Waals surface area contributed by atoms with Crippen molar-refractivity contribution in [2.75, 3.05) is 0 Å². The van der Waals surface area contributed by atoms with Gasteiger partial charge in [-0.1, -0.05) is 25.1 Å². The third-order valence-electron chi connectivity index (χ3n) is 3.23. The first-order valence-electron chi connectivity index (χ1n) is 5.63. The summed E-state index contributed by atoms with van der Waals surface area (Å²) in [5.41, 5.74) is 3.22. The summed E-state index contributed by atoms with van der Waals surface area (Å²) in [5, 5.41) is 9.91. The Hall–Kier alpha value is -1.15. The Labute approximate surface area is 97.3 Å². The van der Waals surface area contributed by atoms with Crippen LogP contribution in [0.4, 0.5) is 0 Å². The number of fused-ring (bicyclic) bond motifs is 1. The van der Waals surface area contributed by atoms with Crippen molar-refractivity contribution in [1.29, 1.82) is 0 Å². The average molecular weight is 220 g/mol. The third kappa shape index (κ3) is 2.50. The van der Waals surface area contributed by atoms with Crippen LogP contribution in [0.25, 0.3) is 0 Å². The number of hydrogen-bond acceptors (Lipinski definition) is 2. The zero-order chi connectivity index (χ0) is 12.3. The van der Waals surface area contributed by atoms with Crippen LogP contribution in [0.5, 0.6) is 0 Å². The average Bonchev–Trinajstić information content (AvgIpc) is 2.62. The van der Waals surface area contributed by atoms with Gasteiger partial charge in [0.2, 0.25) is 0 Å². The van der Waals surface area contributed by atoms with Crippen molar-refractivity contribution in [1.82, 2.24) is 0 Å². The van der Waals surface area contributed by atoms with E-state index in [1.165, 1.54) is 24.0 Å². The van der Waals surface area contributed by atoms with Gasteiger partial charge in [0.15, 0.2) is 0 Å². The van der Waals surface area contributed by atoms with Crippen LogP contribution in [0.15, 0.2) is 18.2 Å². The maximum absolute atomic E-state index is 9.91. The number of benzene rings is 1. The second kappa shape index (κ2) is 4.79. The number of hydrogen-bond donors (Lipinski definition) is 1. The van der Waals surface area contributed by atoms with Gasteiger partial charge in [-0.05, 0) is 49.3 Å². The molecule has 0 bridgehead atoms. The third-order valence-corrected chi connectivity index (χ3v) is 3.23. The van der Waals surface area contributed by atoms with E-state index in [9.17, 15) is 5.11 Å². The molecule has 1 N–H and O–H groups in total. The van der Waals surface area contributed by atoms with Crippen molar-refractivity contribution in [3.63, 3.8) is 0 Å². The molecule has 16 heavy (non-hydrogen) atoms. The minimum atomic E-state index is -0.711. The highest BCUT2D eigenvalue weighted by Crippen LogP contribution is 2.35. The molecule has 0 saturated heterocycles. The summed E-state index contributed by atoms with van der Waals surface area (Å²) >= 11 is 0. The number of aliphatic hydroxyl groups is 1. The zero-order valence-electron chi connectivity index (χ0n) is 10.3. The van der Waals surface area contributed by atoms with Gasteiger partial charge in [0.25, 0.3) is 0 Å². The summed E-state index contributed by atoms with van der Waals surface area (Å²) in [5.74, 6) is 0.660. The smallest absolute Gasteiger partial charge is 0.106 e. The van der Waals surface area contributed by atoms with E-state index in [2.05, 4.69) is 25.1 Å². The minimum Gasteiger partial charge on any atom is -0.386 e. The molecule has 0 aromatic heterocycles. The molecule has 1 aromatic carbocycles. The highest BCUT2D eigenvalue weighted by Gasteiger charge is 2.22. The number of carbonyl (C=O) groups is 1. The number of aryl methyl sites for hydroxylation is 1. The van der Waals surface area contributed by atoms with Gasteiger partial charge in [0.1, 0.15) is 6.79 Å². The molecule has 1 aromatic rings. The molecule has 0 amide bonds. The lowest BCUT2D eigenvalue weighted by molar-refractivity contribution is -0.0979. The van der Waals surface area contributed by atoms with E-state index >= 15 is 0 Å². The molecule has 88 valence electrons. The Kier molecular flexibility index (Phi) is 3.87. The predicted octanol–water partition coefficient (Wildman–Crippen LogP) is 2.78. The van der Waals surface area contributed by atoms with E-state index in [0.29, 0.717) is 5.92 Å². The van der Waals surface area contributed by atoms with E-state index in [1.807, 2.05) is 20.6 Å². The molecule has 2 rings (SSSR count). The molecule has 0 heterocycles. The van der Waals surface area contributed by atoms with Crippen LogP contribution >= 0.6 is 0 Å². The van der Waals surface area contributed by atoms with Gasteiger partial charge in [-0.25, -0.2) is 0 Å². The van der Waals surface area contributed by atoms with Crippen LogP contribution in [0.1, 0.15) is 49.8 Å². The zero-order valence-corrected chi connectivity index (χ0v) is 10.3. The quantitative estimate of drug-likeness (QED) is 0.790. The molecule has 1 unspecified atom stereocenters. The molecule has 1 aliphatic carbocycles. The van der Waals surface area contributed by atoms with Crippen LogP contribution in [-0.4, -0.2) is 11.9 Å². The molecule has 0 aliphatic heterocycles. The minimum absolute atomic E-state index is 0.660. The van der Waals surface area contributed by atoms with Gasteiger partial charge in [0.05, 0.1) is 5.60 Å². The van der Waals surface area contributed by atoms with E-state index in [-0.39, 0.29) is 0 Å². The van der Waals surface area contributed by atoms with Gasteiger partial charge in [0, 0.05) is 0 Å². The molecular weight excluding hydrogens is 200 g/mol. The first kappa shape index (κ1) is 12.9. The van der Waals surface area contributed by atoms with Gasteiger partial charge < -0.3 is 9.90 Å². The molecular formula is C14H20O2. The maximum Gasteiger partial charge on any atom is 0.106 e. The number of rotatable bonds is 1. The normalized spacial score (nSPS) is 18.6. The van der Waals surface area contributed by atoms with Crippen molar-refractivity contribution < 1.29 is 9.90 Å². The highest BCUT2D eigenvalue weighted by molar-refractivity contribution is 5.39. The number of carbonyl (C=O) groups excluding carboxylic acids is 1. The lowest BCUT2D eigenvalue weighted by Crippen LogP contribution is -2.15. The van der Waals surface area contributed by atoms with Gasteiger partial charge in [-0.3, -0.25) is 0 Å². The second-order valence-corrected chi connectivity index (χ2v) is 4.91. The molecule has 2 nitrogen and oxygen atoms in total. The van der Waals surface area contributed by atoms with Crippen LogP contribution in [-0.2, 0) is 16.8 Å². The summed E-state index contributed by atoms with van der Waals surface area (Å²) in [6.07, 6.45) is 2.45. The molecule has 0 radical (unpaired) electrons. The van der Waals surface area contributed by atoms with Crippen molar-refractivity contribution in [3.05, 3.63) is 34.9 Å². The van der Waals surface area contributed by atoms with E-state index in [1.54, 1.807) is 0 Å². The van der Waals surface area contributed by atoms with Crippen molar-refractivity contribution in [3.8, 4) is 0 Å². The topological polar surface area (TPSA) is 37.3 Å². The van der Waals surface area contributed by atoms with Gasteiger partial charge in [-0.15, -0.1) is 0 Å². The first-order valence-corrected chi connectivity index (χ1v) is 5.63. The highest BCUT2D eigenvalue weighted by atomic mass is 16.3. The lowest BCUT2D eigenvalue weighted by atomic mass is 9.93. The first-order chi connectivity index (χ1) is 7.48. The molecule has 2 heteroatoms. The summed E-state index contributed by atoms with van der Waals surface area (Å²) in [7, 11) is 0. The standard InChI is InChI=1S/C13H18O.CH2O/c1-9-4-5-10-6-7-11(8-12(9)10)13(2,3)14;1-2/h6-9,14H,4-5H2,1-3H3;1H2. The Morgan fingerprint density at radius 1 is 1.38 bits per heavy atom. The fourth-order valence-electron chi connectivity index (χ4n) is 2.19. The Morgan fingerprint density at radius 2 is 2.00 bits per heavy atom. The molecule has 0 saturated carbocycles. The predicted molar refractivity (Wildman–Crippen MR) is 65.5 cm³/mol. The molecule has 0 spiro atoms. The van der Waals surface area contributed by atoms with E-state index in [0.717, 1.165) is 5.56 Å². The van der Waals surface area contributed by atoms with Gasteiger partial charge >= 0.3 is 0 Å². The van der Waals surface area contributed by atoms with E-state index in [4.69, 9.17) is 4.79 Å². The second-order valence-electron chi connectivity index (χ2n) is 4.91. The van der Waals surface area contributed by atoms with Crippen molar-refractivity contribution >= 4 is 6.79 Å². The van der Waals surface area contributed by atoms with Crippen molar-refractivity contribution in [2.24, 2.45) is 0 Å². The molecule has 1 atom stereocenters. The van der Waals surface area contributed by atoms with E-state index < -0.39 is 5.60 Å². The fraction of sp³-hybridized carbons (Fsp3) is 0.500. The lowest BCUT2D eigenvalue weighted by Gasteiger charge is -2.19. The van der Waals surface area contributed by atoms with Crippen LogP contribution in [0.3, 0.4) is 0 Å². The van der Waals surface area contributed by atoms with Crippen LogP contribution in [0, 0.1) is 0 Å². The van der Waals surface area contributed by atoms with Crippen LogP contribution in [0.2, 0.25) is 0 Å². The SMILES string of the molecule is C=O.CC1CCc2ccc(C(C)(C)O)cc21. The van der Waals surface area contributed by atoms with Gasteiger partial charge in [-0.2, -0.15) is 0 Å². The molecule has 0 fully saturated rings. The Balaban J connectivity index is 0.000000606. The summed E-state index contributed by atoms with van der Waals surface area (Å²) < 4.78 is 0. The fourth-order valence-corrected chi connectivity index (χ4v) is 2.19. The van der Waals surface area contributed by atoms with Crippen LogP contribution < -0.4 is 0 Å². The maximum atomic E-state index is 9.91. The summed E-state index contributed by atoms with van der Waals surface area (Å²) in [6.45, 7) is 7.95. The van der Waals surface area contributed by atoms with Crippen molar-refractivity contribution in [2.45, 2.75) is 45.1 Å².